The van der Waals surface area contributed by atoms with Crippen LogP contribution in [0.15, 0.2) is 18.2 Å². The lowest BCUT2D eigenvalue weighted by Gasteiger charge is -2.21. The second-order valence-electron chi connectivity index (χ2n) is 6.14. The molecule has 2 rings (SSSR count). The second-order valence-corrected chi connectivity index (χ2v) is 6.14. The summed E-state index contributed by atoms with van der Waals surface area (Å²) >= 11 is 0. The quantitative estimate of drug-likeness (QED) is 0.844. The number of amides is 2. The molecule has 21 heavy (non-hydrogen) atoms. The Morgan fingerprint density at radius 3 is 2.57 bits per heavy atom. The van der Waals surface area contributed by atoms with Crippen molar-refractivity contribution >= 4 is 6.03 Å². The van der Waals surface area contributed by atoms with Gasteiger partial charge in [0, 0.05) is 20.1 Å². The maximum absolute atomic E-state index is 12.0. The van der Waals surface area contributed by atoms with E-state index in [2.05, 4.69) is 37.4 Å². The number of nitrogens with one attached hydrogen (secondary N) is 1. The number of rotatable bonds is 6. The Balaban J connectivity index is 1.75. The van der Waals surface area contributed by atoms with Gasteiger partial charge in [-0.3, -0.25) is 0 Å². The van der Waals surface area contributed by atoms with Crippen LogP contribution < -0.4 is 5.32 Å². The van der Waals surface area contributed by atoms with Gasteiger partial charge in [-0.25, -0.2) is 4.79 Å². The SMILES string of the molecule is Cc1cccc(C)c1CCNC(=O)N(C)CC(O)C1CC1. The van der Waals surface area contributed by atoms with Gasteiger partial charge in [0.1, 0.15) is 0 Å². The number of aryl methyl sites for hydroxylation is 2. The predicted molar refractivity (Wildman–Crippen MR) is 84.4 cm³/mol. The molecule has 0 heterocycles. The number of benzene rings is 1. The fourth-order valence-corrected chi connectivity index (χ4v) is 2.67. The van der Waals surface area contributed by atoms with Crippen molar-refractivity contribution in [1.82, 2.24) is 10.2 Å². The smallest absolute Gasteiger partial charge is 0.317 e. The number of carbonyl (C=O) groups is 1. The Labute approximate surface area is 127 Å². The van der Waals surface area contributed by atoms with Crippen molar-refractivity contribution in [3.63, 3.8) is 0 Å². The van der Waals surface area contributed by atoms with Gasteiger partial charge in [-0.05, 0) is 55.7 Å². The molecule has 1 fully saturated rings. The van der Waals surface area contributed by atoms with Gasteiger partial charge in [-0.15, -0.1) is 0 Å². The molecule has 0 bridgehead atoms. The molecule has 1 atom stereocenters. The third-order valence-electron chi connectivity index (χ3n) is 4.27. The third kappa shape index (κ3) is 4.46. The van der Waals surface area contributed by atoms with Gasteiger partial charge in [0.05, 0.1) is 6.10 Å². The molecule has 4 nitrogen and oxygen atoms in total. The molecule has 0 spiro atoms. The van der Waals surface area contributed by atoms with E-state index in [4.69, 9.17) is 0 Å². The van der Waals surface area contributed by atoms with E-state index >= 15 is 0 Å². The zero-order chi connectivity index (χ0) is 15.4. The fraction of sp³-hybridized carbons (Fsp3) is 0.588. The highest BCUT2D eigenvalue weighted by atomic mass is 16.3. The van der Waals surface area contributed by atoms with E-state index in [9.17, 15) is 9.90 Å². The van der Waals surface area contributed by atoms with Crippen molar-refractivity contribution in [2.75, 3.05) is 20.1 Å². The van der Waals surface area contributed by atoms with Gasteiger partial charge in [0.25, 0.3) is 0 Å². The minimum atomic E-state index is -0.376. The van der Waals surface area contributed by atoms with E-state index in [0.29, 0.717) is 19.0 Å². The Morgan fingerprint density at radius 2 is 2.00 bits per heavy atom. The monoisotopic (exact) mass is 290 g/mol. The number of aliphatic hydroxyl groups excluding tert-OH is 1. The molecule has 1 saturated carbocycles. The van der Waals surface area contributed by atoms with E-state index in [-0.39, 0.29) is 12.1 Å². The summed E-state index contributed by atoms with van der Waals surface area (Å²) in [7, 11) is 1.74. The minimum absolute atomic E-state index is 0.110. The Hall–Kier alpha value is -1.55. The van der Waals surface area contributed by atoms with Crippen LogP contribution in [-0.4, -0.2) is 42.3 Å². The van der Waals surface area contributed by atoms with Crippen molar-refractivity contribution in [3.8, 4) is 0 Å². The highest BCUT2D eigenvalue weighted by molar-refractivity contribution is 5.73. The zero-order valence-electron chi connectivity index (χ0n) is 13.2. The molecule has 2 amide bonds. The van der Waals surface area contributed by atoms with Gasteiger partial charge in [-0.2, -0.15) is 0 Å². The van der Waals surface area contributed by atoms with Gasteiger partial charge < -0.3 is 15.3 Å². The molecular formula is C17H26N2O2. The van der Waals surface area contributed by atoms with Crippen molar-refractivity contribution in [2.45, 2.75) is 39.2 Å². The second kappa shape index (κ2) is 6.94. The van der Waals surface area contributed by atoms with Crippen LogP contribution in [0.4, 0.5) is 4.79 Å². The molecule has 0 aliphatic heterocycles. The lowest BCUT2D eigenvalue weighted by molar-refractivity contribution is 0.113. The number of hydrogen-bond donors (Lipinski definition) is 2. The third-order valence-corrected chi connectivity index (χ3v) is 4.27. The molecule has 0 radical (unpaired) electrons. The first-order chi connectivity index (χ1) is 9.99. The van der Waals surface area contributed by atoms with Crippen LogP contribution in [0.1, 0.15) is 29.5 Å². The van der Waals surface area contributed by atoms with E-state index in [1.807, 2.05) is 0 Å². The van der Waals surface area contributed by atoms with Gasteiger partial charge in [-0.1, -0.05) is 18.2 Å². The average molecular weight is 290 g/mol. The van der Waals surface area contributed by atoms with E-state index in [0.717, 1.165) is 19.3 Å². The zero-order valence-corrected chi connectivity index (χ0v) is 13.2. The molecular weight excluding hydrogens is 264 g/mol. The lowest BCUT2D eigenvalue weighted by atomic mass is 10.0. The summed E-state index contributed by atoms with van der Waals surface area (Å²) in [6.07, 6.45) is 2.63. The molecule has 1 aromatic rings. The highest BCUT2D eigenvalue weighted by Gasteiger charge is 2.31. The average Bonchev–Trinajstić information content (AvgIpc) is 3.26. The van der Waals surface area contributed by atoms with E-state index in [1.165, 1.54) is 16.7 Å². The summed E-state index contributed by atoms with van der Waals surface area (Å²) < 4.78 is 0. The van der Waals surface area contributed by atoms with Crippen LogP contribution in [-0.2, 0) is 6.42 Å². The topological polar surface area (TPSA) is 52.6 Å². The van der Waals surface area contributed by atoms with Gasteiger partial charge in [0.2, 0.25) is 0 Å². The van der Waals surface area contributed by atoms with Crippen molar-refractivity contribution in [1.29, 1.82) is 0 Å². The van der Waals surface area contributed by atoms with Crippen LogP contribution in [0.25, 0.3) is 0 Å². The van der Waals surface area contributed by atoms with Crippen LogP contribution in [0.5, 0.6) is 0 Å². The molecule has 0 saturated heterocycles. The standard InChI is InChI=1S/C17H26N2O2/c1-12-5-4-6-13(2)15(12)9-10-18-17(21)19(3)11-16(20)14-7-8-14/h4-6,14,16,20H,7-11H2,1-3H3,(H,18,21). The van der Waals surface area contributed by atoms with E-state index in [1.54, 1.807) is 11.9 Å². The molecule has 4 heteroatoms. The highest BCUT2D eigenvalue weighted by Crippen LogP contribution is 2.32. The minimum Gasteiger partial charge on any atom is -0.391 e. The number of hydrogen-bond acceptors (Lipinski definition) is 2. The van der Waals surface area contributed by atoms with Crippen LogP contribution >= 0.6 is 0 Å². The predicted octanol–water partition coefficient (Wildman–Crippen LogP) is 2.26. The maximum atomic E-state index is 12.0. The molecule has 2 N–H and O–H groups in total. The van der Waals surface area contributed by atoms with Crippen LogP contribution in [0.2, 0.25) is 0 Å². The summed E-state index contributed by atoms with van der Waals surface area (Å²) in [4.78, 5) is 13.6. The molecule has 1 aromatic carbocycles. The number of carbonyl (C=O) groups excluding carboxylic acids is 1. The summed E-state index contributed by atoms with van der Waals surface area (Å²) in [6.45, 7) is 5.23. The van der Waals surface area contributed by atoms with Crippen molar-refractivity contribution in [3.05, 3.63) is 34.9 Å². The molecule has 116 valence electrons. The molecule has 1 unspecified atom stereocenters. The largest absolute Gasteiger partial charge is 0.391 e. The Bertz CT molecular complexity index is 477. The van der Waals surface area contributed by atoms with Crippen molar-refractivity contribution < 1.29 is 9.90 Å². The Morgan fingerprint density at radius 1 is 1.38 bits per heavy atom. The Kier molecular flexibility index (Phi) is 5.23. The first-order valence-corrected chi connectivity index (χ1v) is 7.71. The number of nitrogens with zero attached hydrogens (tertiary/aromatic N) is 1. The molecule has 1 aliphatic carbocycles. The summed E-state index contributed by atoms with van der Waals surface area (Å²) in [5.41, 5.74) is 3.84. The van der Waals surface area contributed by atoms with Crippen LogP contribution in [0, 0.1) is 19.8 Å². The number of urea groups is 1. The fourth-order valence-electron chi connectivity index (χ4n) is 2.67. The normalized spacial score (nSPS) is 15.6. The summed E-state index contributed by atoms with van der Waals surface area (Å²) in [6, 6.07) is 6.14. The van der Waals surface area contributed by atoms with E-state index < -0.39 is 0 Å². The first-order valence-electron chi connectivity index (χ1n) is 7.71. The first kappa shape index (κ1) is 15.8. The summed E-state index contributed by atoms with van der Waals surface area (Å²) in [5.74, 6) is 0.398. The van der Waals surface area contributed by atoms with Gasteiger partial charge >= 0.3 is 6.03 Å². The molecule has 1 aliphatic rings. The van der Waals surface area contributed by atoms with Crippen LogP contribution in [0.3, 0.4) is 0 Å². The maximum Gasteiger partial charge on any atom is 0.317 e. The summed E-state index contributed by atoms with van der Waals surface area (Å²) in [5, 5.41) is 12.8. The van der Waals surface area contributed by atoms with Gasteiger partial charge in [0.15, 0.2) is 0 Å². The molecule has 0 aromatic heterocycles. The number of aliphatic hydroxyl groups is 1. The van der Waals surface area contributed by atoms with Crippen molar-refractivity contribution in [2.24, 2.45) is 5.92 Å². The number of likely N-dealkylation sites (N-methyl/N-ethyl adjacent to an activating group) is 1. The lowest BCUT2D eigenvalue weighted by Crippen LogP contribution is -2.42.